The van der Waals surface area contributed by atoms with Gasteiger partial charge in [0.15, 0.2) is 5.13 Å². The largest absolute Gasteiger partial charge is 0.458 e. The van der Waals surface area contributed by atoms with E-state index in [1.54, 1.807) is 24.3 Å². The highest BCUT2D eigenvalue weighted by Gasteiger charge is 2.10. The molecule has 132 valence electrons. The molecule has 0 aliphatic rings. The average molecular weight is 367 g/mol. The minimum absolute atomic E-state index is 0.0625. The van der Waals surface area contributed by atoms with Crippen molar-refractivity contribution in [2.24, 2.45) is 0 Å². The van der Waals surface area contributed by atoms with E-state index in [-0.39, 0.29) is 19.1 Å². The van der Waals surface area contributed by atoms with E-state index >= 15 is 0 Å². The topological polar surface area (TPSA) is 80.3 Å². The Morgan fingerprint density at radius 2 is 1.69 bits per heavy atom. The Kier molecular flexibility index (Phi) is 5.95. The van der Waals surface area contributed by atoms with Gasteiger partial charge in [0.05, 0.1) is 5.69 Å². The number of hydrogen-bond acceptors (Lipinski definition) is 6. The molecule has 0 unspecified atom stereocenters. The Morgan fingerprint density at radius 1 is 1.00 bits per heavy atom. The smallest absolute Gasteiger partial charge is 0.325 e. The predicted octanol–water partition coefficient (Wildman–Crippen LogP) is 3.36. The number of amides is 1. The summed E-state index contributed by atoms with van der Waals surface area (Å²) in [5.41, 5.74) is 2.08. The van der Waals surface area contributed by atoms with E-state index in [1.807, 2.05) is 41.8 Å². The van der Waals surface area contributed by atoms with E-state index in [2.05, 4.69) is 15.6 Å². The first kappa shape index (κ1) is 17.6. The van der Waals surface area contributed by atoms with Crippen LogP contribution < -0.4 is 10.6 Å². The summed E-state index contributed by atoms with van der Waals surface area (Å²) in [7, 11) is 0. The van der Waals surface area contributed by atoms with Crippen LogP contribution in [-0.4, -0.2) is 23.4 Å². The zero-order chi connectivity index (χ0) is 18.2. The lowest BCUT2D eigenvalue weighted by Gasteiger charge is -2.05. The van der Waals surface area contributed by atoms with Crippen LogP contribution in [0.3, 0.4) is 0 Å². The molecule has 0 atom stereocenters. The van der Waals surface area contributed by atoms with E-state index in [9.17, 15) is 9.59 Å². The lowest BCUT2D eigenvalue weighted by Crippen LogP contribution is -2.30. The molecule has 6 nitrogen and oxygen atoms in total. The van der Waals surface area contributed by atoms with Crippen LogP contribution in [0.2, 0.25) is 0 Å². The van der Waals surface area contributed by atoms with Gasteiger partial charge in [-0.3, -0.25) is 9.59 Å². The number of thiazole rings is 1. The maximum absolute atomic E-state index is 11.9. The number of carbonyl (C=O) groups excluding carboxylic acids is 2. The minimum Gasteiger partial charge on any atom is -0.458 e. The Bertz CT molecular complexity index is 866. The number of aromatic nitrogens is 1. The molecule has 7 heteroatoms. The van der Waals surface area contributed by atoms with E-state index in [0.717, 1.165) is 10.8 Å². The molecule has 0 saturated carbocycles. The van der Waals surface area contributed by atoms with Gasteiger partial charge in [0.25, 0.3) is 5.91 Å². The van der Waals surface area contributed by atoms with Crippen molar-refractivity contribution >= 4 is 34.0 Å². The molecule has 1 amide bonds. The van der Waals surface area contributed by atoms with Crippen molar-refractivity contribution in [3.8, 4) is 0 Å². The summed E-state index contributed by atoms with van der Waals surface area (Å²) >= 11 is 1.43. The second-order valence-electron chi connectivity index (χ2n) is 5.34. The first-order chi connectivity index (χ1) is 12.7. The normalized spacial score (nSPS) is 10.2. The number of rotatable bonds is 7. The maximum Gasteiger partial charge on any atom is 0.325 e. The van der Waals surface area contributed by atoms with Crippen LogP contribution in [0.1, 0.15) is 16.1 Å². The molecule has 3 aromatic rings. The number of hydrogen-bond donors (Lipinski definition) is 2. The standard InChI is InChI=1S/C19H17N3O3S/c23-17(11-20-18(24)14-7-3-1-4-8-14)25-12-16-13-26-19(22-16)21-15-9-5-2-6-10-15/h1-10,13H,11-12H2,(H,20,24)(H,21,22). The second-order valence-corrected chi connectivity index (χ2v) is 6.20. The fraction of sp³-hybridized carbons (Fsp3) is 0.105. The number of para-hydroxylation sites is 1. The number of benzene rings is 2. The van der Waals surface area contributed by atoms with Crippen molar-refractivity contribution in [1.29, 1.82) is 0 Å². The molecule has 2 N–H and O–H groups in total. The van der Waals surface area contributed by atoms with Gasteiger partial charge in [-0.05, 0) is 24.3 Å². The predicted molar refractivity (Wildman–Crippen MR) is 100 cm³/mol. The quantitative estimate of drug-likeness (QED) is 0.626. The molecule has 0 radical (unpaired) electrons. The van der Waals surface area contributed by atoms with Gasteiger partial charge in [-0.1, -0.05) is 36.4 Å². The lowest BCUT2D eigenvalue weighted by atomic mass is 10.2. The highest BCUT2D eigenvalue weighted by molar-refractivity contribution is 7.13. The monoisotopic (exact) mass is 367 g/mol. The summed E-state index contributed by atoms with van der Waals surface area (Å²) in [6.07, 6.45) is 0. The van der Waals surface area contributed by atoms with E-state index in [4.69, 9.17) is 4.74 Å². The molecule has 0 aliphatic carbocycles. The van der Waals surface area contributed by atoms with Crippen molar-refractivity contribution in [3.63, 3.8) is 0 Å². The summed E-state index contributed by atoms with van der Waals surface area (Å²) in [4.78, 5) is 28.0. The highest BCUT2D eigenvalue weighted by Crippen LogP contribution is 2.20. The maximum atomic E-state index is 11.9. The van der Waals surface area contributed by atoms with Gasteiger partial charge in [0, 0.05) is 16.6 Å². The second kappa shape index (κ2) is 8.77. The minimum atomic E-state index is -0.514. The molecule has 3 rings (SSSR count). The Balaban J connectivity index is 1.43. The number of nitrogens with one attached hydrogen (secondary N) is 2. The molecule has 2 aromatic carbocycles. The Hall–Kier alpha value is -3.19. The van der Waals surface area contributed by atoms with Gasteiger partial charge < -0.3 is 15.4 Å². The summed E-state index contributed by atoms with van der Waals surface area (Å²) < 4.78 is 5.14. The van der Waals surface area contributed by atoms with Crippen LogP contribution >= 0.6 is 11.3 Å². The van der Waals surface area contributed by atoms with Crippen LogP contribution in [0.4, 0.5) is 10.8 Å². The number of anilines is 2. The molecule has 1 heterocycles. The fourth-order valence-electron chi connectivity index (χ4n) is 2.13. The van der Waals surface area contributed by atoms with E-state index in [0.29, 0.717) is 11.3 Å². The fourth-order valence-corrected chi connectivity index (χ4v) is 2.84. The zero-order valence-electron chi connectivity index (χ0n) is 13.8. The van der Waals surface area contributed by atoms with Gasteiger partial charge >= 0.3 is 5.97 Å². The van der Waals surface area contributed by atoms with Crippen molar-refractivity contribution in [2.75, 3.05) is 11.9 Å². The van der Waals surface area contributed by atoms with Gasteiger partial charge in [0.1, 0.15) is 13.2 Å². The number of nitrogens with zero attached hydrogens (tertiary/aromatic N) is 1. The molecular formula is C19H17N3O3S. The lowest BCUT2D eigenvalue weighted by molar-refractivity contribution is -0.143. The van der Waals surface area contributed by atoms with Crippen LogP contribution in [0.5, 0.6) is 0 Å². The Labute approximate surface area is 154 Å². The van der Waals surface area contributed by atoms with Crippen LogP contribution in [-0.2, 0) is 16.1 Å². The third-order valence-corrected chi connectivity index (χ3v) is 4.19. The molecule has 0 saturated heterocycles. The van der Waals surface area contributed by atoms with E-state index < -0.39 is 5.97 Å². The molecule has 1 aromatic heterocycles. The highest BCUT2D eigenvalue weighted by atomic mass is 32.1. The number of ether oxygens (including phenoxy) is 1. The molecule has 0 spiro atoms. The molecule has 0 aliphatic heterocycles. The first-order valence-corrected chi connectivity index (χ1v) is 8.84. The zero-order valence-corrected chi connectivity index (χ0v) is 14.7. The number of esters is 1. The molecule has 26 heavy (non-hydrogen) atoms. The van der Waals surface area contributed by atoms with Crippen molar-refractivity contribution in [1.82, 2.24) is 10.3 Å². The van der Waals surface area contributed by atoms with Crippen LogP contribution in [0, 0.1) is 0 Å². The van der Waals surface area contributed by atoms with Gasteiger partial charge in [-0.15, -0.1) is 11.3 Å². The first-order valence-electron chi connectivity index (χ1n) is 7.96. The summed E-state index contributed by atoms with van der Waals surface area (Å²) in [5.74, 6) is -0.828. The average Bonchev–Trinajstić information content (AvgIpc) is 3.13. The van der Waals surface area contributed by atoms with Crippen molar-refractivity contribution < 1.29 is 14.3 Å². The summed E-state index contributed by atoms with van der Waals surface area (Å²) in [6.45, 7) is -0.125. The van der Waals surface area contributed by atoms with E-state index in [1.165, 1.54) is 11.3 Å². The Morgan fingerprint density at radius 3 is 2.42 bits per heavy atom. The summed E-state index contributed by atoms with van der Waals surface area (Å²) in [6, 6.07) is 18.4. The van der Waals surface area contributed by atoms with Gasteiger partial charge in [-0.25, -0.2) is 4.98 Å². The van der Waals surface area contributed by atoms with Crippen LogP contribution in [0.25, 0.3) is 0 Å². The third kappa shape index (κ3) is 5.15. The molecule has 0 fully saturated rings. The third-order valence-electron chi connectivity index (χ3n) is 3.39. The SMILES string of the molecule is O=C(CNC(=O)c1ccccc1)OCc1csc(Nc2ccccc2)n1. The van der Waals surface area contributed by atoms with Gasteiger partial charge in [-0.2, -0.15) is 0 Å². The molecule has 0 bridgehead atoms. The summed E-state index contributed by atoms with van der Waals surface area (Å²) in [5, 5.41) is 8.25. The van der Waals surface area contributed by atoms with Crippen molar-refractivity contribution in [3.05, 3.63) is 77.3 Å². The number of carbonyl (C=O) groups is 2. The van der Waals surface area contributed by atoms with Gasteiger partial charge in [0.2, 0.25) is 0 Å². The van der Waals surface area contributed by atoms with Crippen molar-refractivity contribution in [2.45, 2.75) is 6.61 Å². The van der Waals surface area contributed by atoms with Crippen LogP contribution in [0.15, 0.2) is 66.0 Å². The molecular weight excluding hydrogens is 350 g/mol.